The van der Waals surface area contributed by atoms with Crippen LogP contribution in [0.15, 0.2) is 0 Å². The second kappa shape index (κ2) is 54.7. The molecule has 3 heterocycles. The van der Waals surface area contributed by atoms with E-state index in [0.717, 1.165) is 6.42 Å². The maximum atomic E-state index is 14.3. The molecule has 3 fully saturated rings. The molecule has 3 aliphatic heterocycles. The Morgan fingerprint density at radius 2 is 0.752 bits per heavy atom. The number of esters is 7. The minimum atomic E-state index is -1.25. The van der Waals surface area contributed by atoms with Gasteiger partial charge in [-0.2, -0.15) is 0 Å². The third-order valence-electron chi connectivity index (χ3n) is 19.4. The van der Waals surface area contributed by atoms with Crippen molar-refractivity contribution in [3.63, 3.8) is 0 Å². The number of nitrogens with zero attached hydrogens (tertiary/aromatic N) is 2. The number of carboxylic acid groups (broad SMARTS) is 1. The van der Waals surface area contributed by atoms with Gasteiger partial charge in [-0.3, -0.25) is 71.9 Å². The number of ketones is 1. The van der Waals surface area contributed by atoms with Crippen LogP contribution in [0.25, 0.3) is 0 Å². The summed E-state index contributed by atoms with van der Waals surface area (Å²) in [5.41, 5.74) is 0. The molecule has 0 aromatic heterocycles. The summed E-state index contributed by atoms with van der Waals surface area (Å²) in [6, 6.07) is -2.09. The molecule has 5 N–H and O–H groups in total. The summed E-state index contributed by atoms with van der Waals surface area (Å²) in [6.45, 7) is 19.4. The Bertz CT molecular complexity index is 3020. The highest BCUT2D eigenvalue weighted by molar-refractivity contribution is 5.85. The average Bonchev–Trinajstić information content (AvgIpc) is 0.808. The number of nitrogens with one attached hydrogen (secondary N) is 4. The zero-order valence-corrected chi connectivity index (χ0v) is 68.6. The average molecular weight is 1610 g/mol. The molecule has 0 bridgehead atoms. The third kappa shape index (κ3) is 40.2. The van der Waals surface area contributed by atoms with Gasteiger partial charge in [-0.15, -0.1) is 0 Å². The third-order valence-corrected chi connectivity index (χ3v) is 19.4. The number of carbonyl (C=O) groups is 15. The lowest BCUT2D eigenvalue weighted by Gasteiger charge is -2.44. The highest BCUT2D eigenvalue weighted by Gasteiger charge is 2.50. The molecule has 35 heteroatoms. The number of Topliss-reactive ketones (excluding diaryl/α,β-unsaturated/α-hetero) is 1. The molecule has 16 atom stereocenters. The van der Waals surface area contributed by atoms with E-state index in [1.165, 1.54) is 67.2 Å². The number of amides is 6. The van der Waals surface area contributed by atoms with Gasteiger partial charge in [0.05, 0.1) is 31.0 Å². The van der Waals surface area contributed by atoms with E-state index in [9.17, 15) is 77.0 Å². The first kappa shape index (κ1) is 99.2. The topological polar surface area (TPSA) is 451 Å². The van der Waals surface area contributed by atoms with Crippen molar-refractivity contribution in [3.05, 3.63) is 0 Å². The Hall–Kier alpha value is -7.99. The Kier molecular flexibility index (Phi) is 48.0. The number of unbranched alkanes of at least 4 members (excludes halogenated alkanes) is 10. The lowest BCUT2D eigenvalue weighted by molar-refractivity contribution is -0.262. The molecule has 3 rings (SSSR count). The predicted molar refractivity (Wildman–Crippen MR) is 401 cm³/mol. The smallest absolute Gasteiger partial charge is 0.307 e. The molecule has 35 nitrogen and oxygen atoms in total. The monoisotopic (exact) mass is 1610 g/mol. The first-order chi connectivity index (χ1) is 53.6. The molecule has 0 saturated carbocycles. The summed E-state index contributed by atoms with van der Waals surface area (Å²) >= 11 is 0. The first-order valence-electron chi connectivity index (χ1n) is 39.9. The fraction of sp³-hybridized carbons (Fsp3) is 0.808. The number of carboxylic acids is 1. The van der Waals surface area contributed by atoms with Gasteiger partial charge in [0.1, 0.15) is 62.2 Å². The van der Waals surface area contributed by atoms with Crippen molar-refractivity contribution in [1.82, 2.24) is 31.1 Å². The van der Waals surface area contributed by atoms with Gasteiger partial charge in [0.15, 0.2) is 25.0 Å². The number of ether oxygens (including phenoxy) is 13. The van der Waals surface area contributed by atoms with Crippen molar-refractivity contribution in [3.8, 4) is 0 Å². The molecule has 0 spiro atoms. The molecular weight excluding hydrogens is 1480 g/mol. The molecule has 7 unspecified atom stereocenters. The quantitative estimate of drug-likeness (QED) is 0.0287. The molecule has 0 radical (unpaired) electrons. The van der Waals surface area contributed by atoms with E-state index >= 15 is 0 Å². The standard InChI is InChI=1S/C78H128N6O29/c1-14-61(110-68(99)36-35-67(97)98)75(100)84(39-29-37-79-65(95)33-22-16-19-27-43-102-77-70(81-52(6)86)49(3)73(108-58(12)92)63(112-77)46-105-55(9)89)41-30-40-83(66(96)34-23-17-20-28-44-103-78-71(82-53(7)87)50(4)74(109-59(13)93)64(113-78)47-106-56(10)90)38-25-24-32-60(94)31-21-15-18-26-42-101-76-69(80-51(5)85)48(2)72(107-57(11)91)62(111-76)45-104-54(8)88/h48-50,61-64,69-74,76-78H,14-47H2,1-13H3,(H,79,95)(H,80,85)(H,81,86)(H,82,87)(H,97,98)/t48-,49-,50-,61?,62?,63?,64?,69?,70?,71?,72-,73-,74-,76-,77-,78-/m1/s1. The Morgan fingerprint density at radius 3 is 1.12 bits per heavy atom. The van der Waals surface area contributed by atoms with Crippen LogP contribution in [0.4, 0.5) is 0 Å². The summed E-state index contributed by atoms with van der Waals surface area (Å²) in [5, 5.41) is 20.6. The fourth-order valence-corrected chi connectivity index (χ4v) is 13.7. The van der Waals surface area contributed by atoms with Gasteiger partial charge < -0.3 is 97.8 Å². The Labute approximate surface area is 663 Å². The molecule has 0 aliphatic carbocycles. The van der Waals surface area contributed by atoms with Crippen LogP contribution in [-0.2, 0) is 133 Å². The minimum absolute atomic E-state index is 0.0581. The second-order valence-electron chi connectivity index (χ2n) is 29.2. The number of rotatable bonds is 55. The largest absolute Gasteiger partial charge is 0.481 e. The molecule has 3 aliphatic rings. The number of aliphatic carboxylic acids is 1. The van der Waals surface area contributed by atoms with E-state index in [1.807, 2.05) is 0 Å². The fourth-order valence-electron chi connectivity index (χ4n) is 13.7. The Morgan fingerprint density at radius 1 is 0.398 bits per heavy atom. The lowest BCUT2D eigenvalue weighted by atomic mass is 9.88. The molecule has 644 valence electrons. The minimum Gasteiger partial charge on any atom is -0.481 e. The van der Waals surface area contributed by atoms with E-state index in [4.69, 9.17) is 61.6 Å². The van der Waals surface area contributed by atoms with Crippen LogP contribution in [0.2, 0.25) is 0 Å². The SMILES string of the molecule is CCC(OC(=O)CCC(=O)O)C(=O)N(CCCNC(=O)CCCCCCO[C@@H]1OC(COC(C)=O)[C@H](OC(C)=O)[C@H](C)C1NC(C)=O)CCCN(CCCCC(=O)CCCCCCO[C@@H]1OC(COC(C)=O)[C@H](OC(C)=O)[C@H](C)C1NC(C)=O)C(=O)CCCCCCO[C@@H]1OC(COC(C)=O)[C@H](OC(C)=O)[C@H](C)C1NC(C)=O. The molecule has 3 saturated heterocycles. The molecule has 6 amide bonds. The van der Waals surface area contributed by atoms with Gasteiger partial charge in [0.25, 0.3) is 5.91 Å². The molecule has 113 heavy (non-hydrogen) atoms. The lowest BCUT2D eigenvalue weighted by Crippen LogP contribution is -2.62. The van der Waals surface area contributed by atoms with E-state index in [0.29, 0.717) is 103 Å². The van der Waals surface area contributed by atoms with E-state index in [1.54, 1.807) is 32.6 Å². The zero-order chi connectivity index (χ0) is 84.1. The number of carbonyl (C=O) groups excluding carboxylic acids is 14. The molecule has 0 aromatic rings. The van der Waals surface area contributed by atoms with Gasteiger partial charge in [0, 0.05) is 158 Å². The second-order valence-corrected chi connectivity index (χ2v) is 29.2. The highest BCUT2D eigenvalue weighted by atomic mass is 16.7. The Balaban J connectivity index is 1.67. The van der Waals surface area contributed by atoms with Gasteiger partial charge >= 0.3 is 47.8 Å². The van der Waals surface area contributed by atoms with Crippen LogP contribution < -0.4 is 21.3 Å². The number of hydrogen-bond acceptors (Lipinski definition) is 28. The summed E-state index contributed by atoms with van der Waals surface area (Å²) in [5.74, 6) is -8.82. The van der Waals surface area contributed by atoms with Crippen LogP contribution in [0, 0.1) is 17.8 Å². The normalized spacial score (nSPS) is 23.5. The van der Waals surface area contributed by atoms with E-state index < -0.39 is 164 Å². The van der Waals surface area contributed by atoms with E-state index in [2.05, 4.69) is 21.3 Å². The van der Waals surface area contributed by atoms with Crippen LogP contribution in [0.3, 0.4) is 0 Å². The zero-order valence-electron chi connectivity index (χ0n) is 68.6. The van der Waals surface area contributed by atoms with Gasteiger partial charge in [-0.1, -0.05) is 66.2 Å². The van der Waals surface area contributed by atoms with Crippen molar-refractivity contribution in [2.24, 2.45) is 17.8 Å². The summed E-state index contributed by atoms with van der Waals surface area (Å²) in [6.07, 6.45) is -0.137. The van der Waals surface area contributed by atoms with Crippen molar-refractivity contribution in [2.75, 3.05) is 72.4 Å². The highest BCUT2D eigenvalue weighted by Crippen LogP contribution is 2.34. The van der Waals surface area contributed by atoms with Gasteiger partial charge in [0.2, 0.25) is 29.5 Å². The predicted octanol–water partition coefficient (Wildman–Crippen LogP) is 5.45. The summed E-state index contributed by atoms with van der Waals surface area (Å²) in [4.78, 5) is 190. The maximum Gasteiger partial charge on any atom is 0.307 e. The van der Waals surface area contributed by atoms with Gasteiger partial charge in [-0.05, 0) is 70.6 Å². The van der Waals surface area contributed by atoms with Crippen LogP contribution in [0.5, 0.6) is 0 Å². The molecular formula is C78H128N6O29. The molecule has 0 aromatic carbocycles. The van der Waals surface area contributed by atoms with Crippen LogP contribution in [-0.4, -0.2) is 256 Å². The van der Waals surface area contributed by atoms with Crippen molar-refractivity contribution in [1.29, 1.82) is 0 Å². The maximum absolute atomic E-state index is 14.3. The van der Waals surface area contributed by atoms with Crippen molar-refractivity contribution >= 4 is 89.0 Å². The van der Waals surface area contributed by atoms with E-state index in [-0.39, 0.29) is 133 Å². The van der Waals surface area contributed by atoms with Crippen molar-refractivity contribution in [2.45, 2.75) is 317 Å². The summed E-state index contributed by atoms with van der Waals surface area (Å²) < 4.78 is 74.5. The van der Waals surface area contributed by atoms with Crippen molar-refractivity contribution < 1.29 is 139 Å². The van der Waals surface area contributed by atoms with Gasteiger partial charge in [-0.25, -0.2) is 0 Å². The first-order valence-corrected chi connectivity index (χ1v) is 39.9. The van der Waals surface area contributed by atoms with Crippen LogP contribution >= 0.6 is 0 Å². The number of hydrogen-bond donors (Lipinski definition) is 5. The summed E-state index contributed by atoms with van der Waals surface area (Å²) in [7, 11) is 0. The van der Waals surface area contributed by atoms with Crippen LogP contribution in [0.1, 0.15) is 238 Å².